The van der Waals surface area contributed by atoms with Gasteiger partial charge in [0.15, 0.2) is 0 Å². The summed E-state index contributed by atoms with van der Waals surface area (Å²) in [5.74, 6) is 1.68. The van der Waals surface area contributed by atoms with Gasteiger partial charge < -0.3 is 14.7 Å². The molecular formula is C32H41N2O4P. The largest absolute Gasteiger partial charge is 0.325 e. The molecule has 39 heavy (non-hydrogen) atoms. The monoisotopic (exact) mass is 548 g/mol. The van der Waals surface area contributed by atoms with Crippen molar-refractivity contribution >= 4 is 19.2 Å². The standard InChI is InChI=1S/C32H41N2O4P/c1-22-18-27(31(35)34-29-10-7-16-33-23(29)2)20-26-11-12-28-19-24(14-17-38-39(3,36)37)13-15-32(28,30(22)26)21-25-8-5-4-6-9-25/h4-10,16,18,20,22,24,28,30H,11-15,17,19,21H2,1-3H3,(H,34,35)(H,36,37)/t22?,24?,28?,30?,32-/m0/s1. The normalized spacial score (nSPS) is 29.7. The number of carbonyl (C=O) groups excluding carboxylic acids is 1. The van der Waals surface area contributed by atoms with E-state index in [1.807, 2.05) is 19.1 Å². The molecule has 0 radical (unpaired) electrons. The maximum Gasteiger partial charge on any atom is 0.325 e. The number of pyridine rings is 1. The third kappa shape index (κ3) is 6.29. The fourth-order valence-electron chi connectivity index (χ4n) is 7.68. The quantitative estimate of drug-likeness (QED) is 0.343. The van der Waals surface area contributed by atoms with Gasteiger partial charge in [-0.25, -0.2) is 0 Å². The molecule has 2 fully saturated rings. The van der Waals surface area contributed by atoms with Crippen LogP contribution in [0.15, 0.2) is 72.0 Å². The van der Waals surface area contributed by atoms with E-state index in [-0.39, 0.29) is 17.2 Å². The molecule has 3 aliphatic rings. The van der Waals surface area contributed by atoms with Gasteiger partial charge in [-0.05, 0) is 98.7 Å². The zero-order chi connectivity index (χ0) is 27.6. The molecule has 5 unspecified atom stereocenters. The van der Waals surface area contributed by atoms with Crippen LogP contribution < -0.4 is 5.32 Å². The third-order valence-electron chi connectivity index (χ3n) is 9.31. The Labute approximate surface area is 232 Å². The Kier molecular flexibility index (Phi) is 8.28. The highest BCUT2D eigenvalue weighted by atomic mass is 31.2. The first kappa shape index (κ1) is 28.0. The molecule has 3 aliphatic carbocycles. The Hall–Kier alpha value is -2.53. The Morgan fingerprint density at radius 3 is 2.74 bits per heavy atom. The predicted octanol–water partition coefficient (Wildman–Crippen LogP) is 7.11. The number of carbonyl (C=O) groups is 1. The summed E-state index contributed by atoms with van der Waals surface area (Å²) in [5.41, 5.74) is 5.25. The summed E-state index contributed by atoms with van der Waals surface area (Å²) < 4.78 is 16.8. The van der Waals surface area contributed by atoms with Gasteiger partial charge in [0.25, 0.3) is 5.91 Å². The highest BCUT2D eigenvalue weighted by Gasteiger charge is 2.53. The molecule has 5 rings (SSSR count). The van der Waals surface area contributed by atoms with Crippen LogP contribution in [-0.2, 0) is 20.3 Å². The second-order valence-corrected chi connectivity index (χ2v) is 13.8. The van der Waals surface area contributed by atoms with Gasteiger partial charge in [-0.1, -0.05) is 55.0 Å². The van der Waals surface area contributed by atoms with E-state index in [0.29, 0.717) is 24.4 Å². The Morgan fingerprint density at radius 2 is 2.00 bits per heavy atom. The maximum absolute atomic E-state index is 13.3. The van der Waals surface area contributed by atoms with E-state index in [9.17, 15) is 14.3 Å². The molecule has 6 atom stereocenters. The van der Waals surface area contributed by atoms with Crippen LogP contribution in [-0.4, -0.2) is 29.1 Å². The number of hydrogen-bond acceptors (Lipinski definition) is 4. The smallest absolute Gasteiger partial charge is 0.324 e. The Morgan fingerprint density at radius 1 is 1.21 bits per heavy atom. The van der Waals surface area contributed by atoms with Gasteiger partial charge in [-0.3, -0.25) is 14.3 Å². The van der Waals surface area contributed by atoms with Crippen molar-refractivity contribution in [2.75, 3.05) is 18.6 Å². The van der Waals surface area contributed by atoms with E-state index in [1.54, 1.807) is 6.20 Å². The first-order valence-electron chi connectivity index (χ1n) is 14.3. The average Bonchev–Trinajstić information content (AvgIpc) is 2.89. The molecule has 2 N–H and O–H groups in total. The molecule has 0 bridgehead atoms. The van der Waals surface area contributed by atoms with Gasteiger partial charge in [-0.2, -0.15) is 0 Å². The number of anilines is 1. The molecule has 208 valence electrons. The summed E-state index contributed by atoms with van der Waals surface area (Å²) in [4.78, 5) is 27.2. The van der Waals surface area contributed by atoms with Gasteiger partial charge >= 0.3 is 7.60 Å². The summed E-state index contributed by atoms with van der Waals surface area (Å²) >= 11 is 0. The minimum atomic E-state index is -3.44. The first-order chi connectivity index (χ1) is 18.6. The van der Waals surface area contributed by atoms with Crippen LogP contribution in [0.3, 0.4) is 0 Å². The number of nitrogens with one attached hydrogen (secondary N) is 1. The van der Waals surface area contributed by atoms with Gasteiger partial charge in [-0.15, -0.1) is 0 Å². The van der Waals surface area contributed by atoms with E-state index >= 15 is 0 Å². The summed E-state index contributed by atoms with van der Waals surface area (Å²) in [6.45, 7) is 5.80. The molecule has 1 heterocycles. The number of hydrogen-bond donors (Lipinski definition) is 2. The topological polar surface area (TPSA) is 88.5 Å². The van der Waals surface area contributed by atoms with Crippen LogP contribution in [0, 0.1) is 36.0 Å². The molecular weight excluding hydrogens is 507 g/mol. The van der Waals surface area contributed by atoms with Crippen LogP contribution in [0.4, 0.5) is 5.69 Å². The number of rotatable bonds is 8. The molecule has 6 nitrogen and oxygen atoms in total. The summed E-state index contributed by atoms with van der Waals surface area (Å²) in [6.07, 6.45) is 13.4. The van der Waals surface area contributed by atoms with Crippen LogP contribution in [0.1, 0.15) is 56.7 Å². The van der Waals surface area contributed by atoms with Crippen molar-refractivity contribution in [2.45, 2.75) is 58.8 Å². The van der Waals surface area contributed by atoms with E-state index in [2.05, 4.69) is 59.7 Å². The first-order valence-corrected chi connectivity index (χ1v) is 16.3. The fourth-order valence-corrected chi connectivity index (χ4v) is 8.13. The molecule has 0 saturated heterocycles. The lowest BCUT2D eigenvalue weighted by Gasteiger charge is -2.57. The minimum absolute atomic E-state index is 0.0658. The molecule has 0 aliphatic heterocycles. The van der Waals surface area contributed by atoms with Crippen molar-refractivity contribution in [3.63, 3.8) is 0 Å². The van der Waals surface area contributed by atoms with Crippen LogP contribution >= 0.6 is 7.60 Å². The molecule has 7 heteroatoms. The number of nitrogens with zero attached hydrogens (tertiary/aromatic N) is 1. The molecule has 0 spiro atoms. The van der Waals surface area contributed by atoms with Crippen molar-refractivity contribution in [2.24, 2.45) is 29.1 Å². The highest BCUT2D eigenvalue weighted by Crippen LogP contribution is 2.61. The number of fused-ring (bicyclic) bond motifs is 3. The average molecular weight is 549 g/mol. The lowest BCUT2D eigenvalue weighted by molar-refractivity contribution is -0.112. The van der Waals surface area contributed by atoms with Crippen molar-refractivity contribution in [3.05, 3.63) is 83.2 Å². The van der Waals surface area contributed by atoms with Gasteiger partial charge in [0, 0.05) is 18.4 Å². The van der Waals surface area contributed by atoms with E-state index < -0.39 is 7.60 Å². The number of allylic oxidation sites excluding steroid dienone is 2. The molecule has 2 aromatic rings. The van der Waals surface area contributed by atoms with Crippen LogP contribution in [0.2, 0.25) is 0 Å². The summed E-state index contributed by atoms with van der Waals surface area (Å²) in [7, 11) is -3.44. The Bertz CT molecular complexity index is 1300. The molecule has 2 saturated carbocycles. The second-order valence-electron chi connectivity index (χ2n) is 12.0. The van der Waals surface area contributed by atoms with Crippen molar-refractivity contribution in [1.82, 2.24) is 4.98 Å². The number of aryl methyl sites for hydroxylation is 1. The predicted molar refractivity (Wildman–Crippen MR) is 155 cm³/mol. The van der Waals surface area contributed by atoms with Crippen molar-refractivity contribution in [1.29, 1.82) is 0 Å². The number of aromatic nitrogens is 1. The van der Waals surface area contributed by atoms with E-state index in [0.717, 1.165) is 61.9 Å². The fraction of sp³-hybridized carbons (Fsp3) is 0.500. The zero-order valence-corrected chi connectivity index (χ0v) is 24.2. The van der Waals surface area contributed by atoms with Crippen molar-refractivity contribution in [3.8, 4) is 0 Å². The second kappa shape index (κ2) is 11.5. The minimum Gasteiger partial charge on any atom is -0.324 e. The lowest BCUT2D eigenvalue weighted by atomic mass is 9.47. The Balaban J connectivity index is 1.39. The van der Waals surface area contributed by atoms with Crippen molar-refractivity contribution < 1.29 is 18.8 Å². The van der Waals surface area contributed by atoms with E-state index in [4.69, 9.17) is 4.52 Å². The van der Waals surface area contributed by atoms with Gasteiger partial charge in [0.1, 0.15) is 0 Å². The number of amides is 1. The molecule has 1 aromatic heterocycles. The summed E-state index contributed by atoms with van der Waals surface area (Å²) in [6, 6.07) is 14.6. The lowest BCUT2D eigenvalue weighted by Crippen LogP contribution is -2.50. The third-order valence-corrected chi connectivity index (χ3v) is 9.97. The molecule has 1 amide bonds. The zero-order valence-electron chi connectivity index (χ0n) is 23.3. The maximum atomic E-state index is 13.3. The van der Waals surface area contributed by atoms with E-state index in [1.165, 1.54) is 17.8 Å². The van der Waals surface area contributed by atoms with Gasteiger partial charge in [0.2, 0.25) is 0 Å². The molecule has 1 aromatic carbocycles. The van der Waals surface area contributed by atoms with Crippen LogP contribution in [0.25, 0.3) is 0 Å². The van der Waals surface area contributed by atoms with Gasteiger partial charge in [0.05, 0.1) is 18.0 Å². The SMILES string of the molecule is Cc1ncccc1NC(=O)C1=CC(C)C2C(=C1)CCC1CC(CCOP(C)(=O)O)CC[C@]12Cc1ccccc1. The number of benzene rings is 1. The van der Waals surface area contributed by atoms with Crippen LogP contribution in [0.5, 0.6) is 0 Å². The highest BCUT2D eigenvalue weighted by molar-refractivity contribution is 7.51. The summed E-state index contributed by atoms with van der Waals surface area (Å²) in [5, 5.41) is 3.07.